The van der Waals surface area contributed by atoms with Gasteiger partial charge in [0.1, 0.15) is 5.82 Å². The van der Waals surface area contributed by atoms with Crippen molar-refractivity contribution in [3.05, 3.63) is 35.6 Å². The number of halogens is 1. The number of nitrogens with one attached hydrogen (secondary N) is 1. The molecule has 1 N–H and O–H groups in total. The molecule has 1 rings (SSSR count). The molecule has 0 aliphatic rings. The molecule has 0 fully saturated rings. The fourth-order valence-corrected chi connectivity index (χ4v) is 2.94. The van der Waals surface area contributed by atoms with Crippen LogP contribution in [0.3, 0.4) is 0 Å². The van der Waals surface area contributed by atoms with Crippen LogP contribution in [-0.2, 0) is 25.3 Å². The average Bonchev–Trinajstić information content (AvgIpc) is 2.44. The lowest BCUT2D eigenvalue weighted by molar-refractivity contribution is -0.140. The van der Waals surface area contributed by atoms with Crippen molar-refractivity contribution >= 4 is 16.0 Å². The van der Waals surface area contributed by atoms with Gasteiger partial charge in [0.15, 0.2) is 0 Å². The third-order valence-electron chi connectivity index (χ3n) is 2.88. The zero-order valence-electron chi connectivity index (χ0n) is 12.0. The predicted octanol–water partition coefficient (Wildman–Crippen LogP) is 1.98. The van der Waals surface area contributed by atoms with Crippen LogP contribution in [0.1, 0.15) is 31.2 Å². The van der Waals surface area contributed by atoms with E-state index in [4.69, 9.17) is 0 Å². The van der Waals surface area contributed by atoms with Gasteiger partial charge in [0.05, 0.1) is 12.9 Å². The molecule has 118 valence electrons. The van der Waals surface area contributed by atoms with Gasteiger partial charge in [0.2, 0.25) is 10.0 Å². The molecule has 0 unspecified atom stereocenters. The highest BCUT2D eigenvalue weighted by atomic mass is 32.2. The minimum atomic E-state index is -3.42. The van der Waals surface area contributed by atoms with Crippen LogP contribution in [0, 0.1) is 5.82 Å². The molecule has 0 radical (unpaired) electrons. The van der Waals surface area contributed by atoms with E-state index in [0.29, 0.717) is 31.4 Å². The normalized spacial score (nSPS) is 11.3. The number of ether oxygens (including phenoxy) is 1. The molecule has 1 aromatic carbocycles. The summed E-state index contributed by atoms with van der Waals surface area (Å²) in [5.41, 5.74) is 0.537. The van der Waals surface area contributed by atoms with Gasteiger partial charge in [0.25, 0.3) is 0 Å². The van der Waals surface area contributed by atoms with Crippen LogP contribution >= 0.6 is 0 Å². The summed E-state index contributed by atoms with van der Waals surface area (Å²) in [7, 11) is -2.08. The second-order valence-electron chi connectivity index (χ2n) is 4.67. The molecule has 0 heterocycles. The smallest absolute Gasteiger partial charge is 0.305 e. The van der Waals surface area contributed by atoms with Crippen molar-refractivity contribution in [2.75, 3.05) is 13.7 Å². The number of hydrogen-bond donors (Lipinski definition) is 1. The van der Waals surface area contributed by atoms with Crippen molar-refractivity contribution in [1.29, 1.82) is 0 Å². The largest absolute Gasteiger partial charge is 0.469 e. The van der Waals surface area contributed by atoms with Gasteiger partial charge in [-0.05, 0) is 30.5 Å². The number of hydrogen-bond acceptors (Lipinski definition) is 4. The van der Waals surface area contributed by atoms with Gasteiger partial charge < -0.3 is 4.74 Å². The minimum absolute atomic E-state index is 0.171. The van der Waals surface area contributed by atoms with E-state index in [1.165, 1.54) is 31.4 Å². The van der Waals surface area contributed by atoms with Crippen LogP contribution < -0.4 is 4.72 Å². The highest BCUT2D eigenvalue weighted by Gasteiger charge is 2.10. The predicted molar refractivity (Wildman–Crippen MR) is 77.5 cm³/mol. The van der Waals surface area contributed by atoms with Gasteiger partial charge in [-0.15, -0.1) is 0 Å². The number of esters is 1. The quantitative estimate of drug-likeness (QED) is 0.558. The number of unbranched alkanes of at least 4 members (excludes halogenated alkanes) is 2. The van der Waals surface area contributed by atoms with Crippen molar-refractivity contribution in [1.82, 2.24) is 4.72 Å². The third-order valence-corrected chi connectivity index (χ3v) is 4.23. The molecule has 5 nitrogen and oxygen atoms in total. The Morgan fingerprint density at radius 3 is 2.48 bits per heavy atom. The maximum absolute atomic E-state index is 12.7. The Hall–Kier alpha value is -1.47. The van der Waals surface area contributed by atoms with E-state index in [1.807, 2.05) is 0 Å². The van der Waals surface area contributed by atoms with E-state index < -0.39 is 15.8 Å². The lowest BCUT2D eigenvalue weighted by Crippen LogP contribution is -2.26. The monoisotopic (exact) mass is 317 g/mol. The summed E-state index contributed by atoms with van der Waals surface area (Å²) in [4.78, 5) is 10.9. The van der Waals surface area contributed by atoms with Gasteiger partial charge in [-0.1, -0.05) is 18.6 Å². The van der Waals surface area contributed by atoms with E-state index in [9.17, 15) is 17.6 Å². The molecule has 0 saturated carbocycles. The SMILES string of the molecule is COC(=O)CCCCCNS(=O)(=O)Cc1ccc(F)cc1. The molecule has 0 bridgehead atoms. The zero-order valence-corrected chi connectivity index (χ0v) is 12.8. The fourth-order valence-electron chi connectivity index (χ4n) is 1.75. The van der Waals surface area contributed by atoms with E-state index in [0.717, 1.165) is 6.42 Å². The van der Waals surface area contributed by atoms with Gasteiger partial charge in [-0.2, -0.15) is 0 Å². The first-order valence-corrected chi connectivity index (χ1v) is 8.37. The van der Waals surface area contributed by atoms with E-state index in [-0.39, 0.29) is 11.7 Å². The summed E-state index contributed by atoms with van der Waals surface area (Å²) in [6.07, 6.45) is 2.42. The highest BCUT2D eigenvalue weighted by molar-refractivity contribution is 7.88. The summed E-state index contributed by atoms with van der Waals surface area (Å²) in [6, 6.07) is 5.37. The Bertz CT molecular complexity index is 543. The summed E-state index contributed by atoms with van der Waals surface area (Å²) in [6.45, 7) is 0.324. The van der Waals surface area contributed by atoms with Crippen LogP contribution in [0.2, 0.25) is 0 Å². The Morgan fingerprint density at radius 2 is 1.86 bits per heavy atom. The molecule has 0 aliphatic heterocycles. The van der Waals surface area contributed by atoms with Crippen molar-refractivity contribution in [3.63, 3.8) is 0 Å². The fraction of sp³-hybridized carbons (Fsp3) is 0.500. The first kappa shape index (κ1) is 17.6. The van der Waals surface area contributed by atoms with Crippen molar-refractivity contribution in [2.24, 2.45) is 0 Å². The number of methoxy groups -OCH3 is 1. The third kappa shape index (κ3) is 7.77. The number of rotatable bonds is 9. The molecule has 0 atom stereocenters. The van der Waals surface area contributed by atoms with Crippen LogP contribution in [-0.4, -0.2) is 28.0 Å². The molecule has 1 aromatic rings. The van der Waals surface area contributed by atoms with Gasteiger partial charge in [0, 0.05) is 13.0 Å². The first-order chi connectivity index (χ1) is 9.93. The van der Waals surface area contributed by atoms with Crippen LogP contribution in [0.5, 0.6) is 0 Å². The molecule has 0 aliphatic carbocycles. The van der Waals surface area contributed by atoms with Crippen LogP contribution in [0.15, 0.2) is 24.3 Å². The Balaban J connectivity index is 2.24. The standard InChI is InChI=1S/C14H20FNO4S/c1-20-14(17)5-3-2-4-10-16-21(18,19)11-12-6-8-13(15)9-7-12/h6-9,16H,2-5,10-11H2,1H3. The Kier molecular flexibility index (Phi) is 7.31. The van der Waals surface area contributed by atoms with Crippen LogP contribution in [0.25, 0.3) is 0 Å². The lowest BCUT2D eigenvalue weighted by Gasteiger charge is -2.07. The molecular weight excluding hydrogens is 297 g/mol. The van der Waals surface area contributed by atoms with Gasteiger partial charge in [-0.3, -0.25) is 4.79 Å². The topological polar surface area (TPSA) is 72.5 Å². The second kappa shape index (κ2) is 8.74. The van der Waals surface area contributed by atoms with Gasteiger partial charge in [-0.25, -0.2) is 17.5 Å². The van der Waals surface area contributed by atoms with E-state index in [2.05, 4.69) is 9.46 Å². The molecule has 0 amide bonds. The Labute approximate surface area is 124 Å². The first-order valence-electron chi connectivity index (χ1n) is 6.71. The van der Waals surface area contributed by atoms with Crippen molar-refractivity contribution in [2.45, 2.75) is 31.4 Å². The van der Waals surface area contributed by atoms with Crippen molar-refractivity contribution < 1.29 is 22.3 Å². The lowest BCUT2D eigenvalue weighted by atomic mass is 10.2. The summed E-state index contributed by atoms with van der Waals surface area (Å²) < 4.78 is 43.3. The van der Waals surface area contributed by atoms with E-state index >= 15 is 0 Å². The molecule has 0 saturated heterocycles. The highest BCUT2D eigenvalue weighted by Crippen LogP contribution is 2.07. The number of carbonyl (C=O) groups is 1. The summed E-state index contributed by atoms with van der Waals surface area (Å²) in [5, 5.41) is 0. The zero-order chi connectivity index (χ0) is 15.7. The molecule has 7 heteroatoms. The van der Waals surface area contributed by atoms with Crippen molar-refractivity contribution in [3.8, 4) is 0 Å². The molecule has 0 spiro atoms. The second-order valence-corrected chi connectivity index (χ2v) is 6.47. The maximum atomic E-state index is 12.7. The molecule has 0 aromatic heterocycles. The summed E-state index contributed by atoms with van der Waals surface area (Å²) in [5.74, 6) is -0.822. The number of carbonyl (C=O) groups excluding carboxylic acids is 1. The molecule has 21 heavy (non-hydrogen) atoms. The average molecular weight is 317 g/mol. The minimum Gasteiger partial charge on any atom is -0.469 e. The number of benzene rings is 1. The van der Waals surface area contributed by atoms with E-state index in [1.54, 1.807) is 0 Å². The van der Waals surface area contributed by atoms with Crippen LogP contribution in [0.4, 0.5) is 4.39 Å². The maximum Gasteiger partial charge on any atom is 0.305 e. The summed E-state index contributed by atoms with van der Waals surface area (Å²) >= 11 is 0. The Morgan fingerprint density at radius 1 is 1.19 bits per heavy atom. The number of sulfonamides is 1. The molecular formula is C14H20FNO4S. The van der Waals surface area contributed by atoms with Gasteiger partial charge >= 0.3 is 5.97 Å².